The Morgan fingerprint density at radius 1 is 1.14 bits per heavy atom. The molecule has 4 aromatic rings. The second-order valence-electron chi connectivity index (χ2n) is 9.18. The van der Waals surface area contributed by atoms with Gasteiger partial charge in [-0.1, -0.05) is 26.0 Å². The van der Waals surface area contributed by atoms with Crippen LogP contribution in [-0.4, -0.2) is 27.9 Å². The molecule has 0 unspecified atom stereocenters. The smallest absolute Gasteiger partial charge is 0.274 e. The normalized spacial score (nSPS) is 13.9. The first-order valence-electron chi connectivity index (χ1n) is 11.5. The van der Waals surface area contributed by atoms with E-state index >= 15 is 4.39 Å². The topological polar surface area (TPSA) is 89.8 Å². The number of nitrogens with one attached hydrogen (secondary N) is 1. The minimum absolute atomic E-state index is 0.00872. The summed E-state index contributed by atoms with van der Waals surface area (Å²) in [6.45, 7) is 4.53. The van der Waals surface area contributed by atoms with Crippen LogP contribution < -0.4 is 4.72 Å². The van der Waals surface area contributed by atoms with Crippen molar-refractivity contribution in [2.75, 3.05) is 4.72 Å². The highest BCUT2D eigenvalue weighted by atomic mass is 32.2. The van der Waals surface area contributed by atoms with Crippen molar-refractivity contribution in [3.05, 3.63) is 77.2 Å². The summed E-state index contributed by atoms with van der Waals surface area (Å²) in [5, 5.41) is 0. The maximum atomic E-state index is 15.3. The van der Waals surface area contributed by atoms with Gasteiger partial charge in [0.2, 0.25) is 5.95 Å². The molecule has 35 heavy (non-hydrogen) atoms. The molecule has 0 atom stereocenters. The minimum Gasteiger partial charge on any atom is -0.330 e. The Morgan fingerprint density at radius 3 is 2.60 bits per heavy atom. The van der Waals surface area contributed by atoms with Crippen LogP contribution in [0, 0.1) is 11.7 Å². The maximum absolute atomic E-state index is 15.3. The zero-order valence-electron chi connectivity index (χ0n) is 19.5. The summed E-state index contributed by atoms with van der Waals surface area (Å²) in [6, 6.07) is 8.39. The summed E-state index contributed by atoms with van der Waals surface area (Å²) in [5.41, 5.74) is 1.52. The molecule has 1 aliphatic carbocycles. The molecule has 3 aromatic heterocycles. The van der Waals surface area contributed by atoms with E-state index in [2.05, 4.69) is 33.5 Å². The Labute approximate surface area is 208 Å². The molecule has 1 N–H and O–H groups in total. The van der Waals surface area contributed by atoms with Gasteiger partial charge in [-0.3, -0.25) is 0 Å². The van der Waals surface area contributed by atoms with Gasteiger partial charge in [0.15, 0.2) is 0 Å². The molecule has 1 saturated carbocycles. The molecule has 3 heterocycles. The van der Waals surface area contributed by atoms with Crippen LogP contribution in [0.4, 0.5) is 10.3 Å². The van der Waals surface area contributed by atoms with Crippen molar-refractivity contribution >= 4 is 27.3 Å². The molecule has 7 nitrogen and oxygen atoms in total. The molecular weight excluding hydrogens is 485 g/mol. The largest absolute Gasteiger partial charge is 0.330 e. The van der Waals surface area contributed by atoms with Crippen molar-refractivity contribution in [3.8, 4) is 11.1 Å². The summed E-state index contributed by atoms with van der Waals surface area (Å²) >= 11 is 1.19. The van der Waals surface area contributed by atoms with E-state index in [0.29, 0.717) is 35.1 Å². The Bertz CT molecular complexity index is 1440. The Hall–Kier alpha value is -3.11. The summed E-state index contributed by atoms with van der Waals surface area (Å²) in [6.07, 6.45) is 9.52. The summed E-state index contributed by atoms with van der Waals surface area (Å²) in [7, 11) is -3.97. The fraction of sp³-hybridized carbons (Fsp3) is 0.320. The van der Waals surface area contributed by atoms with E-state index in [0.717, 1.165) is 30.0 Å². The molecule has 0 radical (unpaired) electrons. The summed E-state index contributed by atoms with van der Waals surface area (Å²) < 4.78 is 46.4. The highest BCUT2D eigenvalue weighted by Crippen LogP contribution is 2.40. The van der Waals surface area contributed by atoms with Crippen LogP contribution in [0.3, 0.4) is 0 Å². The van der Waals surface area contributed by atoms with Crippen LogP contribution >= 0.6 is 11.3 Å². The lowest BCUT2D eigenvalue weighted by molar-refractivity contribution is 0.594. The van der Waals surface area contributed by atoms with Gasteiger partial charge in [-0.05, 0) is 48.9 Å². The van der Waals surface area contributed by atoms with Crippen LogP contribution in [0.2, 0.25) is 0 Å². The SMILES string of the molecule is CC(C)Cc1cc(-c2ccc(Cn3ccnc3C3CC3)c(F)c2)c(S(=O)(=O)Nc2ncccn2)s1. The van der Waals surface area contributed by atoms with Gasteiger partial charge in [0.1, 0.15) is 15.9 Å². The van der Waals surface area contributed by atoms with Gasteiger partial charge in [-0.2, -0.15) is 0 Å². The van der Waals surface area contributed by atoms with Crippen LogP contribution in [-0.2, 0) is 23.0 Å². The van der Waals surface area contributed by atoms with Gasteiger partial charge >= 0.3 is 0 Å². The molecule has 0 bridgehead atoms. The van der Waals surface area contributed by atoms with Crippen LogP contribution in [0.15, 0.2) is 59.3 Å². The van der Waals surface area contributed by atoms with Crippen molar-refractivity contribution in [3.63, 3.8) is 0 Å². The van der Waals surface area contributed by atoms with Crippen molar-refractivity contribution in [1.29, 1.82) is 0 Å². The van der Waals surface area contributed by atoms with E-state index in [1.165, 1.54) is 29.8 Å². The van der Waals surface area contributed by atoms with Crippen molar-refractivity contribution < 1.29 is 12.8 Å². The van der Waals surface area contributed by atoms with Crippen molar-refractivity contribution in [2.45, 2.75) is 49.8 Å². The predicted octanol–water partition coefficient (Wildman–Crippen LogP) is 5.47. The van der Waals surface area contributed by atoms with E-state index in [-0.39, 0.29) is 16.0 Å². The van der Waals surface area contributed by atoms with Gasteiger partial charge in [-0.25, -0.2) is 32.5 Å². The number of halogens is 1. The van der Waals surface area contributed by atoms with Crippen molar-refractivity contribution in [2.24, 2.45) is 5.92 Å². The third-order valence-corrected chi connectivity index (χ3v) is 8.81. The predicted molar refractivity (Wildman–Crippen MR) is 134 cm³/mol. The Morgan fingerprint density at radius 2 is 1.91 bits per heavy atom. The number of imidazole rings is 1. The zero-order valence-corrected chi connectivity index (χ0v) is 21.1. The van der Waals surface area contributed by atoms with Gasteiger partial charge in [0.05, 0.1) is 6.54 Å². The molecule has 5 rings (SSSR count). The second kappa shape index (κ2) is 9.50. The average Bonchev–Trinajstić information content (AvgIpc) is 3.39. The summed E-state index contributed by atoms with van der Waals surface area (Å²) in [4.78, 5) is 13.3. The fourth-order valence-corrected chi connectivity index (χ4v) is 6.94. The van der Waals surface area contributed by atoms with Gasteiger partial charge < -0.3 is 4.57 Å². The highest BCUT2D eigenvalue weighted by molar-refractivity contribution is 7.94. The standard InChI is InChI=1S/C25H26FN5O2S2/c1-16(2)12-20-14-21(24(34-20)35(32,33)30-25-28-8-3-9-29-25)18-6-7-19(22(26)13-18)15-31-11-10-27-23(31)17-4-5-17/h3,6-11,13-14,16-17H,4-5,12,15H2,1-2H3,(H,28,29,30). The molecular formula is C25H26FN5O2S2. The quantitative estimate of drug-likeness (QED) is 0.322. The zero-order chi connectivity index (χ0) is 24.6. The van der Waals surface area contributed by atoms with Crippen molar-refractivity contribution in [1.82, 2.24) is 19.5 Å². The van der Waals surface area contributed by atoms with E-state index in [4.69, 9.17) is 0 Å². The van der Waals surface area contributed by atoms with Crippen LogP contribution in [0.25, 0.3) is 11.1 Å². The number of anilines is 1. The Kier molecular flexibility index (Phi) is 6.41. The molecule has 0 amide bonds. The van der Waals surface area contributed by atoms with E-state index in [1.807, 2.05) is 16.8 Å². The number of sulfonamides is 1. The van der Waals surface area contributed by atoms with Gasteiger partial charge in [0.25, 0.3) is 10.0 Å². The van der Waals surface area contributed by atoms with Gasteiger partial charge in [0, 0.05) is 46.7 Å². The number of hydrogen-bond acceptors (Lipinski definition) is 6. The molecule has 0 aliphatic heterocycles. The number of nitrogens with zero attached hydrogens (tertiary/aromatic N) is 4. The number of benzene rings is 1. The molecule has 0 spiro atoms. The van der Waals surface area contributed by atoms with E-state index < -0.39 is 10.0 Å². The van der Waals surface area contributed by atoms with Gasteiger partial charge in [-0.15, -0.1) is 11.3 Å². The van der Waals surface area contributed by atoms with Crippen LogP contribution in [0.5, 0.6) is 0 Å². The lowest BCUT2D eigenvalue weighted by Crippen LogP contribution is -2.14. The van der Waals surface area contributed by atoms with E-state index in [9.17, 15) is 8.42 Å². The summed E-state index contributed by atoms with van der Waals surface area (Å²) in [5.74, 6) is 1.42. The number of hydrogen-bond donors (Lipinski definition) is 1. The Balaban J connectivity index is 1.49. The first-order valence-corrected chi connectivity index (χ1v) is 13.8. The molecule has 10 heteroatoms. The first-order chi connectivity index (χ1) is 16.8. The number of aromatic nitrogens is 4. The lowest BCUT2D eigenvalue weighted by Gasteiger charge is -2.11. The third kappa shape index (κ3) is 5.28. The lowest BCUT2D eigenvalue weighted by atomic mass is 10.0. The molecule has 1 aliphatic rings. The monoisotopic (exact) mass is 511 g/mol. The number of thiophene rings is 1. The average molecular weight is 512 g/mol. The molecule has 1 aromatic carbocycles. The molecule has 0 saturated heterocycles. The van der Waals surface area contributed by atoms with E-state index in [1.54, 1.807) is 24.4 Å². The minimum atomic E-state index is -3.97. The highest BCUT2D eigenvalue weighted by Gasteiger charge is 2.28. The first kappa shape index (κ1) is 23.6. The molecule has 182 valence electrons. The third-order valence-electron chi connectivity index (χ3n) is 5.79. The molecule has 1 fully saturated rings. The second-order valence-corrected chi connectivity index (χ2v) is 12.2. The maximum Gasteiger partial charge on any atom is 0.274 e. The number of rotatable bonds is 9. The van der Waals surface area contributed by atoms with Crippen LogP contribution in [0.1, 0.15) is 48.9 Å². The fourth-order valence-electron chi connectivity index (χ4n) is 4.03.